The molecule has 0 aromatic heterocycles. The van der Waals surface area contributed by atoms with E-state index in [1.807, 2.05) is 41.5 Å². The minimum Gasteiger partial charge on any atom is -0.481 e. The topological polar surface area (TPSA) is 158 Å². The number of carboxylic acids is 4. The molecule has 5 fully saturated rings. The Labute approximate surface area is 652 Å². The number of halogens is 9. The summed E-state index contributed by atoms with van der Waals surface area (Å²) in [7, 11) is 1.75. The highest BCUT2D eigenvalue weighted by Crippen LogP contribution is 2.67. The zero-order valence-corrected chi connectivity index (χ0v) is 77.5. The van der Waals surface area contributed by atoms with Crippen molar-refractivity contribution in [3.8, 4) is 0 Å². The molecule has 9 nitrogen and oxygen atoms in total. The smallest absolute Gasteiger partial charge is 0.402 e. The average Bonchev–Trinajstić information content (AvgIpc) is 1.58. The Hall–Kier alpha value is -2.79. The van der Waals surface area contributed by atoms with Crippen LogP contribution in [0, 0.1) is 140 Å². The summed E-state index contributed by atoms with van der Waals surface area (Å²) in [5, 5.41) is 34.0. The van der Waals surface area contributed by atoms with Crippen molar-refractivity contribution in [1.29, 1.82) is 0 Å². The molecule has 0 saturated heterocycles. The molecular formula is C89H173F9O9. The SMILES string of the molecule is CC(C(C)(C)C)C(C)(C)C.CC(C)(C)C1(C(=O)O)CC1.CC(C)(C)C1(C(F)(F)F)CC1.CC(C)(C)C1(C)CCC1.CC(C)(C)C1CC1.CC(C)(C)[C@@H](C(=O)O)C(F)(F)F.CC(C)(C)[C@H](C(=O)O)C(F)(F)F.CC(C)[C@@H](C)C(C)(C)C.COC[C@@H](C)C(C)(C)C.C[C@H](C(=O)O)C(C)(C)C.C[C@H](C1CC1)C(C)(C)C. The van der Waals surface area contributed by atoms with Crippen molar-refractivity contribution < 1.29 is 83.9 Å². The number of carbonyl (C=O) groups is 4. The molecule has 5 saturated carbocycles. The molecule has 18 heteroatoms. The number of rotatable bonds is 8. The molecule has 6 atom stereocenters. The zero-order chi connectivity index (χ0) is 88.3. The van der Waals surface area contributed by atoms with Gasteiger partial charge in [-0.15, -0.1) is 0 Å². The fourth-order valence-corrected chi connectivity index (χ4v) is 11.9. The van der Waals surface area contributed by atoms with Crippen LogP contribution in [0.25, 0.3) is 0 Å². The maximum Gasteiger partial charge on any atom is 0.402 e. The van der Waals surface area contributed by atoms with Crippen LogP contribution in [0.2, 0.25) is 0 Å². The van der Waals surface area contributed by atoms with E-state index in [0.717, 1.165) is 55.0 Å². The molecule has 0 bridgehead atoms. The molecule has 5 aliphatic rings. The third kappa shape index (κ3) is 45.6. The van der Waals surface area contributed by atoms with Crippen molar-refractivity contribution in [3.05, 3.63) is 0 Å². The van der Waals surface area contributed by atoms with E-state index in [9.17, 15) is 58.7 Å². The predicted octanol–water partition coefficient (Wildman–Crippen LogP) is 29.7. The van der Waals surface area contributed by atoms with E-state index in [1.54, 1.807) is 34.8 Å². The summed E-state index contributed by atoms with van der Waals surface area (Å²) < 4.78 is 115. The monoisotopic (exact) mass is 1560 g/mol. The number of carboxylic acid groups (broad SMARTS) is 4. The lowest BCUT2D eigenvalue weighted by Gasteiger charge is -2.49. The van der Waals surface area contributed by atoms with Crippen LogP contribution in [0.1, 0.15) is 375 Å². The first kappa shape index (κ1) is 115. The van der Waals surface area contributed by atoms with Gasteiger partial charge in [0.05, 0.1) is 16.7 Å². The standard InChI is InChI=1S/C10H22.2C9H18.C9H20.C8H13F3.C8H14O2.C8H18O.2C7H11F3O2.C7H14O2.C7H14/c1-8(9(2,3)4)10(5,6)7;1-8(2,3)9(4)6-5-7-9;1-7(8-5-6-8)9(2,3)4;1-7(2)8(3)9(4,5)6;1-6(2,3)7(4-5-7)8(9,10)11;1-7(2,3)8(4-5-8)6(9)10;1-7(6-9-5)8(2,3)4;2*1-6(2,3)4(5(11)12)7(8,9)10;1-5(6(8)9)7(2,3)4;1-7(2,3)6-4-5-6/h8H,1-7H3;5-7H2,1-4H3;7-8H,5-6H2,1-4H3;7-8H,1-6H3;4-5H2,1-3H3;4-5H2,1-3H3,(H,9,10);7H,6H2,1-5H3;2*4H,1-3H3,(H,11,12);5H,1-4H3,(H,8,9);6H,4-5H2,1-3H3/t;;7-;8-;;;7-;2*4-;5-;/m..11..1101./s1. The third-order valence-corrected chi connectivity index (χ3v) is 24.5. The summed E-state index contributed by atoms with van der Waals surface area (Å²) in [6, 6.07) is 0. The van der Waals surface area contributed by atoms with E-state index in [1.165, 1.54) is 86.5 Å². The van der Waals surface area contributed by atoms with Crippen LogP contribution in [0.5, 0.6) is 0 Å². The number of methoxy groups -OCH3 is 1. The maximum atomic E-state index is 12.4. The third-order valence-electron chi connectivity index (χ3n) is 24.5. The molecule has 0 amide bonds. The lowest BCUT2D eigenvalue weighted by molar-refractivity contribution is -0.215. The van der Waals surface area contributed by atoms with Gasteiger partial charge in [-0.2, -0.15) is 39.5 Å². The lowest BCUT2D eigenvalue weighted by atomic mass is 9.56. The van der Waals surface area contributed by atoms with E-state index >= 15 is 0 Å². The first-order valence-electron chi connectivity index (χ1n) is 39.8. The molecule has 646 valence electrons. The van der Waals surface area contributed by atoms with Crippen LogP contribution in [0.15, 0.2) is 0 Å². The lowest BCUT2D eigenvalue weighted by Crippen LogP contribution is -2.40. The molecule has 0 heterocycles. The predicted molar refractivity (Wildman–Crippen MR) is 432 cm³/mol. The minimum atomic E-state index is -4.68. The number of aliphatic carboxylic acids is 4. The number of hydrogen-bond donors (Lipinski definition) is 4. The van der Waals surface area contributed by atoms with Gasteiger partial charge in [-0.3, -0.25) is 19.2 Å². The van der Waals surface area contributed by atoms with E-state index in [4.69, 9.17) is 25.2 Å². The molecule has 107 heavy (non-hydrogen) atoms. The van der Waals surface area contributed by atoms with Crippen LogP contribution < -0.4 is 0 Å². The fourth-order valence-electron chi connectivity index (χ4n) is 11.9. The Kier molecular flexibility index (Phi) is 45.2. The summed E-state index contributed by atoms with van der Waals surface area (Å²) in [6.45, 7) is 91.6. The Balaban J connectivity index is -0.000000263. The van der Waals surface area contributed by atoms with Crippen LogP contribution in [-0.4, -0.2) is 76.5 Å². The Morgan fingerprint density at radius 3 is 0.748 bits per heavy atom. The Morgan fingerprint density at radius 1 is 0.402 bits per heavy atom. The van der Waals surface area contributed by atoms with E-state index in [2.05, 4.69) is 194 Å². The second-order valence-corrected chi connectivity index (χ2v) is 45.6. The van der Waals surface area contributed by atoms with Crippen LogP contribution in [0.3, 0.4) is 0 Å². The Morgan fingerprint density at radius 2 is 0.729 bits per heavy atom. The van der Waals surface area contributed by atoms with Crippen molar-refractivity contribution in [1.82, 2.24) is 0 Å². The van der Waals surface area contributed by atoms with Gasteiger partial charge in [0, 0.05) is 13.7 Å². The van der Waals surface area contributed by atoms with Crippen molar-refractivity contribution in [3.63, 3.8) is 0 Å². The van der Waals surface area contributed by atoms with Crippen LogP contribution >= 0.6 is 0 Å². The highest BCUT2D eigenvalue weighted by molar-refractivity contribution is 5.78. The van der Waals surface area contributed by atoms with Gasteiger partial charge in [-0.05, 0) is 176 Å². The zero-order valence-electron chi connectivity index (χ0n) is 77.5. The summed E-state index contributed by atoms with van der Waals surface area (Å²) in [5.41, 5.74) is -1.10. The number of hydrogen-bond acceptors (Lipinski definition) is 5. The second kappa shape index (κ2) is 42.0. The summed E-state index contributed by atoms with van der Waals surface area (Å²) >= 11 is 0. The highest BCUT2D eigenvalue weighted by Gasteiger charge is 2.68. The van der Waals surface area contributed by atoms with E-state index < -0.39 is 81.3 Å². The number of alkyl halides is 9. The van der Waals surface area contributed by atoms with E-state index in [0.29, 0.717) is 62.1 Å². The molecule has 0 aliphatic heterocycles. The number of ether oxygens (including phenoxy) is 1. The molecule has 5 rings (SSSR count). The Bertz CT molecular complexity index is 2390. The second-order valence-electron chi connectivity index (χ2n) is 45.6. The van der Waals surface area contributed by atoms with E-state index in [-0.39, 0.29) is 16.7 Å². The van der Waals surface area contributed by atoms with Gasteiger partial charge in [-0.25, -0.2) is 0 Å². The molecule has 0 unspecified atom stereocenters. The van der Waals surface area contributed by atoms with Gasteiger partial charge < -0.3 is 25.2 Å². The van der Waals surface area contributed by atoms with Crippen LogP contribution in [0.4, 0.5) is 39.5 Å². The van der Waals surface area contributed by atoms with Gasteiger partial charge >= 0.3 is 42.4 Å². The fraction of sp³-hybridized carbons (Fsp3) is 0.955. The summed E-state index contributed by atoms with van der Waals surface area (Å²) in [4.78, 5) is 41.6. The normalized spacial score (nSPS) is 19.0. The van der Waals surface area contributed by atoms with Gasteiger partial charge in [0.2, 0.25) is 0 Å². The van der Waals surface area contributed by atoms with Gasteiger partial charge in [-0.1, -0.05) is 311 Å². The molecule has 0 aromatic carbocycles. The molecule has 0 radical (unpaired) electrons. The molecule has 0 spiro atoms. The van der Waals surface area contributed by atoms with Crippen molar-refractivity contribution in [2.45, 2.75) is 394 Å². The quantitative estimate of drug-likeness (QED) is 0.174. The van der Waals surface area contributed by atoms with Gasteiger partial charge in [0.25, 0.3) is 0 Å². The minimum absolute atomic E-state index is 0.0706. The molecular weight excluding hydrogens is 1380 g/mol. The first-order valence-corrected chi connectivity index (χ1v) is 39.8. The largest absolute Gasteiger partial charge is 0.481 e. The van der Waals surface area contributed by atoms with Crippen molar-refractivity contribution >= 4 is 23.9 Å². The van der Waals surface area contributed by atoms with Crippen molar-refractivity contribution in [2.24, 2.45) is 140 Å². The molecule has 4 N–H and O–H groups in total. The van der Waals surface area contributed by atoms with Crippen LogP contribution in [-0.2, 0) is 23.9 Å². The van der Waals surface area contributed by atoms with Gasteiger partial charge in [0.1, 0.15) is 0 Å². The van der Waals surface area contributed by atoms with Crippen molar-refractivity contribution in [2.75, 3.05) is 13.7 Å². The first-order chi connectivity index (χ1) is 46.2. The maximum absolute atomic E-state index is 12.4. The van der Waals surface area contributed by atoms with Gasteiger partial charge in [0.15, 0.2) is 11.8 Å². The average molecular weight is 1560 g/mol. The summed E-state index contributed by atoms with van der Waals surface area (Å²) in [6.07, 6.45) is -0.790. The molecule has 0 aromatic rings. The highest BCUT2D eigenvalue weighted by atomic mass is 19.4. The molecule has 5 aliphatic carbocycles. The summed E-state index contributed by atoms with van der Waals surface area (Å²) in [5.74, 6) is -3.79.